The highest BCUT2D eigenvalue weighted by atomic mass is 16.5. The van der Waals surface area contributed by atoms with E-state index in [0.717, 1.165) is 12.0 Å². The molecule has 0 unspecified atom stereocenters. The van der Waals surface area contributed by atoms with Crippen molar-refractivity contribution in [3.63, 3.8) is 0 Å². The van der Waals surface area contributed by atoms with Crippen LogP contribution < -0.4 is 16.0 Å². The number of carbonyl (C=O) groups is 3. The SMILES string of the molecule is COCCNC(=O)[C@@H]1CCC[C@@H](NC(=O)NC2(c3ccccc3)CCOCC2)CN(C)C(=O)C1. The van der Waals surface area contributed by atoms with Crippen LogP contribution in [0.25, 0.3) is 0 Å². The summed E-state index contributed by atoms with van der Waals surface area (Å²) in [5.74, 6) is -0.582. The van der Waals surface area contributed by atoms with Gasteiger partial charge in [-0.2, -0.15) is 0 Å². The summed E-state index contributed by atoms with van der Waals surface area (Å²) in [5.41, 5.74) is 0.590. The molecule has 4 amide bonds. The van der Waals surface area contributed by atoms with Crippen LogP contribution in [-0.2, 0) is 24.6 Å². The molecule has 0 spiro atoms. The van der Waals surface area contributed by atoms with Gasteiger partial charge in [0.2, 0.25) is 11.8 Å². The Kier molecular flexibility index (Phi) is 9.71. The van der Waals surface area contributed by atoms with E-state index in [2.05, 4.69) is 16.0 Å². The number of nitrogens with zero attached hydrogens (tertiary/aromatic N) is 1. The highest BCUT2D eigenvalue weighted by Crippen LogP contribution is 2.32. The molecule has 9 nitrogen and oxygen atoms in total. The zero-order valence-electron chi connectivity index (χ0n) is 20.3. The van der Waals surface area contributed by atoms with E-state index in [4.69, 9.17) is 9.47 Å². The fourth-order valence-electron chi connectivity index (χ4n) is 4.77. The van der Waals surface area contributed by atoms with E-state index in [9.17, 15) is 14.4 Å². The maximum Gasteiger partial charge on any atom is 0.315 e. The molecule has 2 aliphatic heterocycles. The lowest BCUT2D eigenvalue weighted by molar-refractivity contribution is -0.135. The second-order valence-electron chi connectivity index (χ2n) is 9.25. The third-order valence-electron chi connectivity index (χ3n) is 6.78. The van der Waals surface area contributed by atoms with Crippen LogP contribution in [0.5, 0.6) is 0 Å². The minimum atomic E-state index is -0.477. The second-order valence-corrected chi connectivity index (χ2v) is 9.25. The Morgan fingerprint density at radius 3 is 2.62 bits per heavy atom. The molecule has 2 atom stereocenters. The predicted octanol–water partition coefficient (Wildman–Crippen LogP) is 1.77. The van der Waals surface area contributed by atoms with Crippen molar-refractivity contribution >= 4 is 17.8 Å². The van der Waals surface area contributed by atoms with Gasteiger partial charge in [0.25, 0.3) is 0 Å². The molecule has 188 valence electrons. The molecule has 0 aliphatic carbocycles. The number of urea groups is 1. The summed E-state index contributed by atoms with van der Waals surface area (Å²) >= 11 is 0. The van der Waals surface area contributed by atoms with Crippen LogP contribution in [0.3, 0.4) is 0 Å². The van der Waals surface area contributed by atoms with Crippen LogP contribution >= 0.6 is 0 Å². The average Bonchev–Trinajstić information content (AvgIpc) is 2.90. The van der Waals surface area contributed by atoms with Crippen molar-refractivity contribution in [1.29, 1.82) is 0 Å². The van der Waals surface area contributed by atoms with Gasteiger partial charge in [0.15, 0.2) is 0 Å². The summed E-state index contributed by atoms with van der Waals surface area (Å²) in [6.45, 7) is 2.44. The highest BCUT2D eigenvalue weighted by Gasteiger charge is 2.36. The van der Waals surface area contributed by atoms with Gasteiger partial charge < -0.3 is 30.3 Å². The Balaban J connectivity index is 1.61. The fourth-order valence-corrected chi connectivity index (χ4v) is 4.77. The lowest BCUT2D eigenvalue weighted by Gasteiger charge is -2.39. The molecule has 2 fully saturated rings. The van der Waals surface area contributed by atoms with Gasteiger partial charge in [-0.3, -0.25) is 9.59 Å². The van der Waals surface area contributed by atoms with E-state index in [1.165, 1.54) is 0 Å². The maximum atomic E-state index is 13.1. The molecule has 9 heteroatoms. The first kappa shape index (κ1) is 26.0. The Morgan fingerprint density at radius 1 is 1.18 bits per heavy atom. The van der Waals surface area contributed by atoms with Crippen molar-refractivity contribution in [3.05, 3.63) is 35.9 Å². The Labute approximate surface area is 201 Å². The molecular weight excluding hydrogens is 436 g/mol. The number of ether oxygens (including phenoxy) is 2. The molecule has 1 aromatic rings. The van der Waals surface area contributed by atoms with Crippen LogP contribution in [0.15, 0.2) is 30.3 Å². The topological polar surface area (TPSA) is 109 Å². The molecule has 34 heavy (non-hydrogen) atoms. The number of likely N-dealkylation sites (N-methyl/N-ethyl adjacent to an activating group) is 1. The van der Waals surface area contributed by atoms with Crippen molar-refractivity contribution in [2.24, 2.45) is 5.92 Å². The first-order chi connectivity index (χ1) is 16.4. The van der Waals surface area contributed by atoms with Crippen LogP contribution in [0.2, 0.25) is 0 Å². The Bertz CT molecular complexity index is 813. The predicted molar refractivity (Wildman–Crippen MR) is 128 cm³/mol. The summed E-state index contributed by atoms with van der Waals surface area (Å²) in [7, 11) is 3.31. The molecule has 3 N–H and O–H groups in total. The molecule has 0 saturated carbocycles. The summed E-state index contributed by atoms with van der Waals surface area (Å²) in [5, 5.41) is 9.15. The van der Waals surface area contributed by atoms with Gasteiger partial charge in [-0.25, -0.2) is 4.79 Å². The standard InChI is InChI=1S/C25H38N4O5/c1-29-18-21(10-6-7-19(17-22(29)30)23(31)26-13-16-33-2)27-24(32)28-25(11-14-34-15-12-25)20-8-4-3-5-9-20/h3-5,8-9,19,21H,6-7,10-18H2,1-2H3,(H,26,31)(H2,27,28,32)/t19-,21-/m1/s1. The van der Waals surface area contributed by atoms with E-state index in [1.54, 1.807) is 19.1 Å². The third kappa shape index (κ3) is 7.17. The van der Waals surface area contributed by atoms with Crippen molar-refractivity contribution in [2.45, 2.75) is 50.1 Å². The summed E-state index contributed by atoms with van der Waals surface area (Å²) in [4.78, 5) is 40.0. The first-order valence-corrected chi connectivity index (χ1v) is 12.2. The first-order valence-electron chi connectivity index (χ1n) is 12.2. The fraction of sp³-hybridized carbons (Fsp3) is 0.640. The van der Waals surface area contributed by atoms with E-state index in [1.807, 2.05) is 30.3 Å². The van der Waals surface area contributed by atoms with Crippen LogP contribution in [0, 0.1) is 5.92 Å². The molecule has 0 aromatic heterocycles. The number of methoxy groups -OCH3 is 1. The molecular formula is C25H38N4O5. The van der Waals surface area contributed by atoms with Gasteiger partial charge in [-0.1, -0.05) is 36.8 Å². The molecule has 2 heterocycles. The quantitative estimate of drug-likeness (QED) is 0.522. The number of rotatable bonds is 7. The molecule has 0 bridgehead atoms. The number of benzene rings is 1. The Morgan fingerprint density at radius 2 is 1.91 bits per heavy atom. The van der Waals surface area contributed by atoms with E-state index >= 15 is 0 Å². The van der Waals surface area contributed by atoms with Crippen molar-refractivity contribution in [2.75, 3.05) is 47.1 Å². The molecule has 3 rings (SSSR count). The summed E-state index contributed by atoms with van der Waals surface area (Å²) < 4.78 is 10.5. The number of amides is 4. The highest BCUT2D eigenvalue weighted by molar-refractivity contribution is 5.85. The lowest BCUT2D eigenvalue weighted by atomic mass is 9.83. The number of hydrogen-bond donors (Lipinski definition) is 3. The zero-order chi connectivity index (χ0) is 24.4. The van der Waals surface area contributed by atoms with Crippen molar-refractivity contribution in [3.8, 4) is 0 Å². The minimum Gasteiger partial charge on any atom is -0.383 e. The average molecular weight is 475 g/mol. The van der Waals surface area contributed by atoms with Crippen molar-refractivity contribution in [1.82, 2.24) is 20.9 Å². The van der Waals surface area contributed by atoms with Gasteiger partial charge >= 0.3 is 6.03 Å². The number of nitrogens with one attached hydrogen (secondary N) is 3. The molecule has 2 saturated heterocycles. The molecule has 1 aromatic carbocycles. The van der Waals surface area contributed by atoms with E-state index < -0.39 is 5.54 Å². The summed E-state index contributed by atoms with van der Waals surface area (Å²) in [6.07, 6.45) is 3.61. The summed E-state index contributed by atoms with van der Waals surface area (Å²) in [6, 6.07) is 9.55. The molecule has 2 aliphatic rings. The Hall–Kier alpha value is -2.65. The monoisotopic (exact) mass is 474 g/mol. The molecule has 0 radical (unpaired) electrons. The normalized spacial score (nSPS) is 23.2. The number of carbonyl (C=O) groups excluding carboxylic acids is 3. The van der Waals surface area contributed by atoms with Gasteiger partial charge in [0.1, 0.15) is 0 Å². The van der Waals surface area contributed by atoms with Gasteiger partial charge in [0.05, 0.1) is 12.1 Å². The van der Waals surface area contributed by atoms with Gasteiger partial charge in [0, 0.05) is 58.8 Å². The maximum absolute atomic E-state index is 13.1. The van der Waals surface area contributed by atoms with Crippen LogP contribution in [0.1, 0.15) is 44.1 Å². The zero-order valence-corrected chi connectivity index (χ0v) is 20.3. The second kappa shape index (κ2) is 12.7. The van der Waals surface area contributed by atoms with E-state index in [-0.39, 0.29) is 36.2 Å². The van der Waals surface area contributed by atoms with Gasteiger partial charge in [-0.15, -0.1) is 0 Å². The minimum absolute atomic E-state index is 0.0915. The smallest absolute Gasteiger partial charge is 0.315 e. The third-order valence-corrected chi connectivity index (χ3v) is 6.78. The van der Waals surface area contributed by atoms with Crippen LogP contribution in [0.4, 0.5) is 4.79 Å². The van der Waals surface area contributed by atoms with Crippen molar-refractivity contribution < 1.29 is 23.9 Å². The van der Waals surface area contributed by atoms with E-state index in [0.29, 0.717) is 58.6 Å². The number of hydrogen-bond acceptors (Lipinski definition) is 5. The lowest BCUT2D eigenvalue weighted by Crippen LogP contribution is -2.55. The van der Waals surface area contributed by atoms with Gasteiger partial charge in [-0.05, 0) is 31.2 Å². The van der Waals surface area contributed by atoms with Crippen LogP contribution in [-0.4, -0.2) is 75.9 Å². The largest absolute Gasteiger partial charge is 0.383 e.